The molecule has 0 bridgehead atoms. The third kappa shape index (κ3) is 7.44. The van der Waals surface area contributed by atoms with Crippen LogP contribution in [0.15, 0.2) is 18.2 Å². The molecule has 1 aromatic carbocycles. The lowest BCUT2D eigenvalue weighted by molar-refractivity contribution is -0.120. The Hall–Kier alpha value is -2.32. The van der Waals surface area contributed by atoms with Gasteiger partial charge in [0.05, 0.1) is 31.9 Å². The van der Waals surface area contributed by atoms with E-state index in [2.05, 4.69) is 15.5 Å². The fourth-order valence-electron chi connectivity index (χ4n) is 2.75. The highest BCUT2D eigenvalue weighted by Gasteiger charge is 2.13. The van der Waals surface area contributed by atoms with Crippen molar-refractivity contribution in [1.29, 1.82) is 0 Å². The molecule has 0 atom stereocenters. The number of hydrogen-bond donors (Lipinski definition) is 3. The number of nitrogen functional groups attached to an aromatic ring is 1. The molecule has 1 aromatic rings. The topological polar surface area (TPSA) is 106 Å². The molecule has 4 N–H and O–H groups in total. The van der Waals surface area contributed by atoms with Crippen LogP contribution in [-0.2, 0) is 9.53 Å². The summed E-state index contributed by atoms with van der Waals surface area (Å²) in [5, 5.41) is 5.29. The lowest BCUT2D eigenvalue weighted by atomic mass is 10.1. The molecule has 0 saturated carbocycles. The van der Waals surface area contributed by atoms with Crippen molar-refractivity contribution in [3.05, 3.63) is 23.8 Å². The third-order valence-electron chi connectivity index (χ3n) is 4.12. The number of nitrogens with one attached hydrogen (secondary N) is 2. The van der Waals surface area contributed by atoms with Gasteiger partial charge in [0.15, 0.2) is 0 Å². The number of nitrogens with two attached hydrogens (primary N) is 1. The number of rotatable bonds is 9. The van der Waals surface area contributed by atoms with Gasteiger partial charge in [-0.05, 0) is 38.5 Å². The van der Waals surface area contributed by atoms with Crippen LogP contribution in [0.25, 0.3) is 0 Å². The highest BCUT2D eigenvalue weighted by atomic mass is 16.5. The normalized spacial score (nSPS) is 14.8. The van der Waals surface area contributed by atoms with E-state index in [4.69, 9.17) is 15.2 Å². The second-order valence-corrected chi connectivity index (χ2v) is 6.81. The van der Waals surface area contributed by atoms with Crippen molar-refractivity contribution in [3.8, 4) is 5.75 Å². The lowest BCUT2D eigenvalue weighted by Crippen LogP contribution is -2.39. The monoisotopic (exact) mass is 378 g/mol. The van der Waals surface area contributed by atoms with E-state index in [-0.39, 0.29) is 18.5 Å². The van der Waals surface area contributed by atoms with E-state index in [1.54, 1.807) is 18.2 Å². The first-order valence-corrected chi connectivity index (χ1v) is 9.35. The van der Waals surface area contributed by atoms with Gasteiger partial charge in [0.25, 0.3) is 5.91 Å². The van der Waals surface area contributed by atoms with Crippen LogP contribution in [-0.4, -0.2) is 68.8 Å². The van der Waals surface area contributed by atoms with Crippen molar-refractivity contribution in [2.45, 2.75) is 26.3 Å². The third-order valence-corrected chi connectivity index (χ3v) is 4.12. The molecule has 1 heterocycles. The largest absolute Gasteiger partial charge is 0.494 e. The summed E-state index contributed by atoms with van der Waals surface area (Å²) < 4.78 is 11.1. The average molecular weight is 378 g/mol. The Kier molecular flexibility index (Phi) is 8.35. The van der Waals surface area contributed by atoms with Crippen molar-refractivity contribution >= 4 is 17.5 Å². The zero-order valence-corrected chi connectivity index (χ0v) is 16.1. The summed E-state index contributed by atoms with van der Waals surface area (Å²) in [5.41, 5.74) is 6.54. The summed E-state index contributed by atoms with van der Waals surface area (Å²) in [5.74, 6) is -0.0550. The van der Waals surface area contributed by atoms with Gasteiger partial charge in [0.1, 0.15) is 5.75 Å². The minimum absolute atomic E-state index is 0.0219. The van der Waals surface area contributed by atoms with E-state index >= 15 is 0 Å². The smallest absolute Gasteiger partial charge is 0.253 e. The number of anilines is 1. The van der Waals surface area contributed by atoms with Crippen LogP contribution < -0.4 is 21.1 Å². The molecule has 1 aliphatic heterocycles. The predicted octanol–water partition coefficient (Wildman–Crippen LogP) is 0.624. The Labute approximate surface area is 160 Å². The van der Waals surface area contributed by atoms with Crippen LogP contribution in [0, 0.1) is 0 Å². The number of morpholine rings is 1. The predicted molar refractivity (Wildman–Crippen MR) is 104 cm³/mol. The van der Waals surface area contributed by atoms with Crippen molar-refractivity contribution in [2.75, 3.05) is 51.7 Å². The fourth-order valence-corrected chi connectivity index (χ4v) is 2.75. The van der Waals surface area contributed by atoms with Gasteiger partial charge in [-0.3, -0.25) is 14.5 Å². The molecule has 0 aromatic heterocycles. The Morgan fingerprint density at radius 3 is 2.74 bits per heavy atom. The molecule has 8 nitrogen and oxygen atoms in total. The number of carbonyl (C=O) groups excluding carboxylic acids is 2. The molecule has 1 saturated heterocycles. The van der Waals surface area contributed by atoms with Crippen LogP contribution in [0.2, 0.25) is 0 Å². The van der Waals surface area contributed by atoms with Gasteiger partial charge in [0, 0.05) is 31.4 Å². The number of benzene rings is 1. The number of hydrogen-bond acceptors (Lipinski definition) is 6. The van der Waals surface area contributed by atoms with Gasteiger partial charge in [-0.2, -0.15) is 0 Å². The first kappa shape index (κ1) is 21.0. The zero-order valence-electron chi connectivity index (χ0n) is 16.1. The minimum atomic E-state index is -0.398. The molecule has 8 heteroatoms. The number of amides is 2. The van der Waals surface area contributed by atoms with Gasteiger partial charge in [0.2, 0.25) is 5.91 Å². The second kappa shape index (κ2) is 10.7. The van der Waals surface area contributed by atoms with E-state index in [1.165, 1.54) is 0 Å². The Morgan fingerprint density at radius 2 is 2.04 bits per heavy atom. The molecule has 0 aliphatic carbocycles. The van der Waals surface area contributed by atoms with E-state index in [9.17, 15) is 9.59 Å². The molecule has 1 fully saturated rings. The average Bonchev–Trinajstić information content (AvgIpc) is 2.65. The molecule has 0 spiro atoms. The summed E-state index contributed by atoms with van der Waals surface area (Å²) in [6, 6.07) is 5.01. The van der Waals surface area contributed by atoms with Crippen molar-refractivity contribution < 1.29 is 19.1 Å². The molecule has 0 unspecified atom stereocenters. The maximum absolute atomic E-state index is 12.3. The van der Waals surface area contributed by atoms with Crippen LogP contribution >= 0.6 is 0 Å². The Balaban J connectivity index is 1.79. The quantitative estimate of drug-likeness (QED) is 0.430. The first-order chi connectivity index (χ1) is 13.0. The van der Waals surface area contributed by atoms with Crippen LogP contribution in [0.5, 0.6) is 5.75 Å². The summed E-state index contributed by atoms with van der Waals surface area (Å²) in [6.45, 7) is 8.61. The first-order valence-electron chi connectivity index (χ1n) is 9.35. The van der Waals surface area contributed by atoms with Crippen LogP contribution in [0.1, 0.15) is 30.6 Å². The lowest BCUT2D eigenvalue weighted by Gasteiger charge is -2.26. The molecule has 150 valence electrons. The summed E-state index contributed by atoms with van der Waals surface area (Å²) in [4.78, 5) is 26.3. The second-order valence-electron chi connectivity index (χ2n) is 6.81. The highest BCUT2D eigenvalue weighted by Crippen LogP contribution is 2.20. The van der Waals surface area contributed by atoms with E-state index in [1.807, 2.05) is 13.8 Å². The Morgan fingerprint density at radius 1 is 1.30 bits per heavy atom. The summed E-state index contributed by atoms with van der Waals surface area (Å²) in [7, 11) is 0. The SMILES string of the molecule is CC(C)NC(=O)CNC(=O)c1cc(OCCCN2CCOCC2)ccc1N. The van der Waals surface area contributed by atoms with Gasteiger partial charge in [-0.1, -0.05) is 0 Å². The van der Waals surface area contributed by atoms with E-state index in [0.29, 0.717) is 23.6 Å². The van der Waals surface area contributed by atoms with Gasteiger partial charge in [-0.15, -0.1) is 0 Å². The van der Waals surface area contributed by atoms with Crippen molar-refractivity contribution in [1.82, 2.24) is 15.5 Å². The molecule has 2 amide bonds. The van der Waals surface area contributed by atoms with Crippen LogP contribution in [0.4, 0.5) is 5.69 Å². The van der Waals surface area contributed by atoms with E-state index in [0.717, 1.165) is 39.3 Å². The molecular formula is C19H30N4O4. The van der Waals surface area contributed by atoms with Gasteiger partial charge in [-0.25, -0.2) is 0 Å². The molecular weight excluding hydrogens is 348 g/mol. The number of nitrogens with zero attached hydrogens (tertiary/aromatic N) is 1. The van der Waals surface area contributed by atoms with Crippen LogP contribution in [0.3, 0.4) is 0 Å². The molecule has 2 rings (SSSR count). The molecule has 0 radical (unpaired) electrons. The maximum Gasteiger partial charge on any atom is 0.253 e. The standard InChI is InChI=1S/C19H30N4O4/c1-14(2)22-18(24)13-21-19(25)16-12-15(4-5-17(16)20)27-9-3-6-23-7-10-26-11-8-23/h4-5,12,14H,3,6-11,13,20H2,1-2H3,(H,21,25)(H,22,24). The van der Waals surface area contributed by atoms with E-state index < -0.39 is 5.91 Å². The van der Waals surface area contributed by atoms with Crippen molar-refractivity contribution in [2.24, 2.45) is 0 Å². The Bertz CT molecular complexity index is 630. The molecule has 1 aliphatic rings. The number of carbonyl (C=O) groups is 2. The fraction of sp³-hybridized carbons (Fsp3) is 0.579. The number of ether oxygens (including phenoxy) is 2. The van der Waals surface area contributed by atoms with Crippen molar-refractivity contribution in [3.63, 3.8) is 0 Å². The van der Waals surface area contributed by atoms with Gasteiger partial charge >= 0.3 is 0 Å². The summed E-state index contributed by atoms with van der Waals surface area (Å²) >= 11 is 0. The maximum atomic E-state index is 12.3. The highest BCUT2D eigenvalue weighted by molar-refractivity contribution is 6.01. The zero-order chi connectivity index (χ0) is 19.6. The van der Waals surface area contributed by atoms with Gasteiger partial charge < -0.3 is 25.8 Å². The summed E-state index contributed by atoms with van der Waals surface area (Å²) in [6.07, 6.45) is 0.890. The molecule has 27 heavy (non-hydrogen) atoms. The minimum Gasteiger partial charge on any atom is -0.494 e.